The number of rotatable bonds is 6. The number of hydrogen-bond donors (Lipinski definition) is 1. The van der Waals surface area contributed by atoms with E-state index in [2.05, 4.69) is 32.2 Å². The normalized spacial score (nSPS) is 16.9. The molecule has 1 aliphatic carbocycles. The fourth-order valence-electron chi connectivity index (χ4n) is 2.75. The third-order valence-corrected chi connectivity index (χ3v) is 5.73. The Kier molecular flexibility index (Phi) is 5.25. The summed E-state index contributed by atoms with van der Waals surface area (Å²) in [7, 11) is 0. The molecule has 0 amide bonds. The van der Waals surface area contributed by atoms with Crippen LogP contribution in [0.2, 0.25) is 0 Å². The highest BCUT2D eigenvalue weighted by Gasteiger charge is 2.16. The summed E-state index contributed by atoms with van der Waals surface area (Å²) in [6.07, 6.45) is 7.99. The molecule has 1 heterocycles. The zero-order valence-electron chi connectivity index (χ0n) is 12.1. The second kappa shape index (κ2) is 6.72. The summed E-state index contributed by atoms with van der Waals surface area (Å²) in [5.41, 5.74) is 1.64. The van der Waals surface area contributed by atoms with Gasteiger partial charge < -0.3 is 5.32 Å². The second-order valence-corrected chi connectivity index (χ2v) is 6.79. The predicted molar refractivity (Wildman–Crippen MR) is 81.5 cm³/mol. The molecule has 1 nitrogen and oxygen atoms in total. The summed E-state index contributed by atoms with van der Waals surface area (Å²) in [6.45, 7) is 8.07. The Morgan fingerprint density at radius 1 is 1.22 bits per heavy atom. The summed E-state index contributed by atoms with van der Waals surface area (Å²) in [6, 6.07) is 2.99. The van der Waals surface area contributed by atoms with E-state index >= 15 is 0 Å². The molecule has 1 unspecified atom stereocenters. The van der Waals surface area contributed by atoms with Crippen molar-refractivity contribution in [1.29, 1.82) is 0 Å². The second-order valence-electron chi connectivity index (χ2n) is 5.62. The maximum absolute atomic E-state index is 3.72. The smallest absolute Gasteiger partial charge is 0.0386 e. The number of nitrogens with one attached hydrogen (secondary N) is 1. The van der Waals surface area contributed by atoms with Crippen molar-refractivity contribution in [3.05, 3.63) is 21.4 Å². The molecule has 0 aromatic carbocycles. The van der Waals surface area contributed by atoms with Crippen LogP contribution in [0.15, 0.2) is 6.07 Å². The molecule has 1 atom stereocenters. The van der Waals surface area contributed by atoms with Gasteiger partial charge in [0.2, 0.25) is 0 Å². The van der Waals surface area contributed by atoms with Crippen molar-refractivity contribution < 1.29 is 0 Å². The Labute approximate surface area is 116 Å². The highest BCUT2D eigenvalue weighted by atomic mass is 32.1. The minimum absolute atomic E-state index is 0.529. The summed E-state index contributed by atoms with van der Waals surface area (Å²) < 4.78 is 0. The summed E-state index contributed by atoms with van der Waals surface area (Å²) in [5, 5.41) is 3.72. The predicted octanol–water partition coefficient (Wildman–Crippen LogP) is 4.71. The third-order valence-electron chi connectivity index (χ3n) is 4.31. The average Bonchev–Trinajstić information content (AvgIpc) is 2.83. The quantitative estimate of drug-likeness (QED) is 0.785. The van der Waals surface area contributed by atoms with Gasteiger partial charge in [-0.05, 0) is 56.7 Å². The van der Waals surface area contributed by atoms with E-state index < -0.39 is 0 Å². The van der Waals surface area contributed by atoms with Gasteiger partial charge in [0.15, 0.2) is 0 Å². The Bertz CT molecular complexity index is 342. The van der Waals surface area contributed by atoms with E-state index in [0.717, 1.165) is 12.5 Å². The molecule has 1 aromatic rings. The minimum atomic E-state index is 0.529. The first-order valence-corrected chi connectivity index (χ1v) is 8.41. The van der Waals surface area contributed by atoms with Crippen molar-refractivity contribution in [2.45, 2.75) is 65.3 Å². The number of fused-ring (bicyclic) bond motifs is 1. The lowest BCUT2D eigenvalue weighted by atomic mass is 9.99. The van der Waals surface area contributed by atoms with E-state index in [1.54, 1.807) is 15.3 Å². The molecule has 0 fully saturated rings. The maximum Gasteiger partial charge on any atom is 0.0386 e. The summed E-state index contributed by atoms with van der Waals surface area (Å²) >= 11 is 2.05. The molecule has 0 radical (unpaired) electrons. The first-order valence-electron chi connectivity index (χ1n) is 7.59. The SMILES string of the molecule is CCC(CC)CNC(C)c1cc2c(s1)CCCC2. The Balaban J connectivity index is 1.92. The van der Waals surface area contributed by atoms with Crippen molar-refractivity contribution in [2.24, 2.45) is 5.92 Å². The minimum Gasteiger partial charge on any atom is -0.309 e. The average molecular weight is 265 g/mol. The van der Waals surface area contributed by atoms with Gasteiger partial charge in [-0.15, -0.1) is 11.3 Å². The van der Waals surface area contributed by atoms with Crippen LogP contribution in [0.1, 0.15) is 67.8 Å². The Morgan fingerprint density at radius 2 is 1.94 bits per heavy atom. The van der Waals surface area contributed by atoms with Crippen LogP contribution < -0.4 is 5.32 Å². The molecule has 1 N–H and O–H groups in total. The molecule has 18 heavy (non-hydrogen) atoms. The molecule has 0 spiro atoms. The van der Waals surface area contributed by atoms with Crippen LogP contribution in [0.4, 0.5) is 0 Å². The molecule has 2 rings (SSSR count). The molecular weight excluding hydrogens is 238 g/mol. The van der Waals surface area contributed by atoms with Gasteiger partial charge in [-0.2, -0.15) is 0 Å². The third kappa shape index (κ3) is 3.36. The number of hydrogen-bond acceptors (Lipinski definition) is 2. The fourth-order valence-corrected chi connectivity index (χ4v) is 4.03. The van der Waals surface area contributed by atoms with Gasteiger partial charge in [-0.1, -0.05) is 26.7 Å². The zero-order valence-corrected chi connectivity index (χ0v) is 12.9. The molecular formula is C16H27NS. The summed E-state index contributed by atoms with van der Waals surface area (Å²) in [4.78, 5) is 3.21. The van der Waals surface area contributed by atoms with Crippen molar-refractivity contribution in [3.8, 4) is 0 Å². The van der Waals surface area contributed by atoms with E-state index in [-0.39, 0.29) is 0 Å². The van der Waals surface area contributed by atoms with Crippen molar-refractivity contribution in [2.75, 3.05) is 6.54 Å². The molecule has 0 saturated carbocycles. The highest BCUT2D eigenvalue weighted by Crippen LogP contribution is 2.32. The molecule has 1 aliphatic rings. The standard InChI is InChI=1S/C16H27NS/c1-4-13(5-2)11-17-12(3)16-10-14-8-6-7-9-15(14)18-16/h10,12-13,17H,4-9,11H2,1-3H3. The largest absolute Gasteiger partial charge is 0.309 e. The van der Waals surface area contributed by atoms with Crippen molar-refractivity contribution >= 4 is 11.3 Å². The topological polar surface area (TPSA) is 12.0 Å². The van der Waals surface area contributed by atoms with E-state index in [0.29, 0.717) is 6.04 Å². The van der Waals surface area contributed by atoms with Crippen molar-refractivity contribution in [1.82, 2.24) is 5.32 Å². The van der Waals surface area contributed by atoms with Crippen LogP contribution >= 0.6 is 11.3 Å². The van der Waals surface area contributed by atoms with Crippen molar-refractivity contribution in [3.63, 3.8) is 0 Å². The number of thiophene rings is 1. The lowest BCUT2D eigenvalue weighted by molar-refractivity contribution is 0.424. The van der Waals surface area contributed by atoms with Crippen LogP contribution in [0.25, 0.3) is 0 Å². The van der Waals surface area contributed by atoms with E-state index in [9.17, 15) is 0 Å². The highest BCUT2D eigenvalue weighted by molar-refractivity contribution is 7.12. The maximum atomic E-state index is 3.72. The first-order chi connectivity index (χ1) is 8.74. The van der Waals surface area contributed by atoms with Gasteiger partial charge >= 0.3 is 0 Å². The van der Waals surface area contributed by atoms with Crippen LogP contribution in [-0.4, -0.2) is 6.54 Å². The van der Waals surface area contributed by atoms with Gasteiger partial charge in [-0.25, -0.2) is 0 Å². The lowest BCUT2D eigenvalue weighted by Crippen LogP contribution is -2.24. The van der Waals surface area contributed by atoms with Gasteiger partial charge in [0.05, 0.1) is 0 Å². The van der Waals surface area contributed by atoms with Gasteiger partial charge in [0.25, 0.3) is 0 Å². The van der Waals surface area contributed by atoms with Crippen LogP contribution in [0.5, 0.6) is 0 Å². The van der Waals surface area contributed by atoms with Gasteiger partial charge in [0, 0.05) is 15.8 Å². The Morgan fingerprint density at radius 3 is 2.61 bits per heavy atom. The number of aryl methyl sites for hydroxylation is 2. The molecule has 0 bridgehead atoms. The lowest BCUT2D eigenvalue weighted by Gasteiger charge is -2.17. The molecule has 0 aliphatic heterocycles. The zero-order chi connectivity index (χ0) is 13.0. The molecule has 0 saturated heterocycles. The van der Waals surface area contributed by atoms with E-state index in [1.165, 1.54) is 38.5 Å². The Hall–Kier alpha value is -0.340. The van der Waals surface area contributed by atoms with Crippen LogP contribution in [0.3, 0.4) is 0 Å². The summed E-state index contributed by atoms with van der Waals surface area (Å²) in [5.74, 6) is 0.835. The first kappa shape index (κ1) is 14.1. The van der Waals surface area contributed by atoms with E-state index in [4.69, 9.17) is 0 Å². The monoisotopic (exact) mass is 265 g/mol. The molecule has 2 heteroatoms. The molecule has 102 valence electrons. The van der Waals surface area contributed by atoms with Crippen LogP contribution in [0, 0.1) is 5.92 Å². The fraction of sp³-hybridized carbons (Fsp3) is 0.750. The van der Waals surface area contributed by atoms with E-state index in [1.807, 2.05) is 11.3 Å². The van der Waals surface area contributed by atoms with Gasteiger partial charge in [-0.3, -0.25) is 0 Å². The van der Waals surface area contributed by atoms with Gasteiger partial charge in [0.1, 0.15) is 0 Å². The molecule has 1 aromatic heterocycles. The van der Waals surface area contributed by atoms with Crippen LogP contribution in [-0.2, 0) is 12.8 Å².